The molecule has 4 heterocycles. The van der Waals surface area contributed by atoms with E-state index in [0.29, 0.717) is 30.4 Å². The maximum absolute atomic E-state index is 11.1. The summed E-state index contributed by atoms with van der Waals surface area (Å²) in [5.74, 6) is 1.21. The van der Waals surface area contributed by atoms with E-state index in [2.05, 4.69) is 25.5 Å². The first kappa shape index (κ1) is 15.3. The molecule has 25 heavy (non-hydrogen) atoms. The summed E-state index contributed by atoms with van der Waals surface area (Å²) in [7, 11) is 0. The van der Waals surface area contributed by atoms with Gasteiger partial charge in [0.05, 0.1) is 12.4 Å². The zero-order valence-electron chi connectivity index (χ0n) is 13.4. The number of nitrogens with one attached hydrogen (secondary N) is 1. The minimum atomic E-state index is -0.888. The predicted octanol–water partition coefficient (Wildman–Crippen LogP) is 1.74. The summed E-state index contributed by atoms with van der Waals surface area (Å²) in [5.41, 5.74) is 1.34. The number of aromatic nitrogens is 5. The topological polar surface area (TPSA) is 109 Å². The van der Waals surface area contributed by atoms with Crippen LogP contribution < -0.4 is 5.32 Å². The molecule has 4 rings (SSSR count). The molecule has 1 amide bonds. The van der Waals surface area contributed by atoms with Gasteiger partial charge in [0, 0.05) is 25.3 Å². The fourth-order valence-corrected chi connectivity index (χ4v) is 3.04. The molecule has 0 aromatic carbocycles. The molecule has 3 aromatic rings. The zero-order chi connectivity index (χ0) is 17.2. The molecule has 9 nitrogen and oxygen atoms in total. The number of carboxylic acid groups (broad SMARTS) is 1. The van der Waals surface area contributed by atoms with Gasteiger partial charge in [0.1, 0.15) is 11.5 Å². The van der Waals surface area contributed by atoms with Crippen molar-refractivity contribution in [2.45, 2.75) is 18.9 Å². The molecule has 0 bridgehead atoms. The van der Waals surface area contributed by atoms with E-state index in [4.69, 9.17) is 5.11 Å². The number of anilines is 1. The standard InChI is InChI=1S/C16H17N7O2/c24-16(25)22-6-3-4-11(10-22)18-13-9-17-8-12(19-13)15-21-20-14-5-1-2-7-23(14)15/h1-2,5,7-9,11H,3-4,6,10H2,(H,18,19)(H,24,25)/t11-/m1/s1. The van der Waals surface area contributed by atoms with Gasteiger partial charge < -0.3 is 15.3 Å². The SMILES string of the molecule is O=C(O)N1CCC[C@@H](Nc2cncc(-c3nnc4ccccn34)n2)C1. The van der Waals surface area contributed by atoms with Crippen molar-refractivity contribution in [2.75, 3.05) is 18.4 Å². The quantitative estimate of drug-likeness (QED) is 0.748. The van der Waals surface area contributed by atoms with Crippen LogP contribution in [0, 0.1) is 0 Å². The second-order valence-corrected chi connectivity index (χ2v) is 5.95. The summed E-state index contributed by atoms with van der Waals surface area (Å²) in [6.45, 7) is 1.01. The Balaban J connectivity index is 1.56. The minimum Gasteiger partial charge on any atom is -0.465 e. The number of hydrogen-bond acceptors (Lipinski definition) is 6. The maximum Gasteiger partial charge on any atom is 0.407 e. The van der Waals surface area contributed by atoms with E-state index in [1.165, 1.54) is 4.90 Å². The average Bonchev–Trinajstić information content (AvgIpc) is 3.06. The van der Waals surface area contributed by atoms with Crippen molar-refractivity contribution in [3.8, 4) is 11.5 Å². The Kier molecular flexibility index (Phi) is 3.88. The molecule has 3 aromatic heterocycles. The number of amides is 1. The molecule has 0 radical (unpaired) electrons. The monoisotopic (exact) mass is 339 g/mol. The summed E-state index contributed by atoms with van der Waals surface area (Å²) in [6, 6.07) is 5.69. The lowest BCUT2D eigenvalue weighted by Crippen LogP contribution is -2.44. The van der Waals surface area contributed by atoms with Crippen LogP contribution in [0.2, 0.25) is 0 Å². The number of pyridine rings is 1. The molecule has 1 aliphatic heterocycles. The van der Waals surface area contributed by atoms with Gasteiger partial charge in [-0.15, -0.1) is 10.2 Å². The van der Waals surface area contributed by atoms with Gasteiger partial charge in [-0.3, -0.25) is 9.38 Å². The summed E-state index contributed by atoms with van der Waals surface area (Å²) >= 11 is 0. The molecule has 1 atom stereocenters. The third-order valence-corrected chi connectivity index (χ3v) is 4.22. The van der Waals surface area contributed by atoms with Crippen LogP contribution in [0.4, 0.5) is 10.6 Å². The molecule has 0 aliphatic carbocycles. The van der Waals surface area contributed by atoms with Crippen LogP contribution in [0.1, 0.15) is 12.8 Å². The lowest BCUT2D eigenvalue weighted by molar-refractivity contribution is 0.133. The summed E-state index contributed by atoms with van der Waals surface area (Å²) < 4.78 is 1.85. The number of fused-ring (bicyclic) bond motifs is 1. The number of nitrogens with zero attached hydrogens (tertiary/aromatic N) is 6. The highest BCUT2D eigenvalue weighted by atomic mass is 16.4. The number of hydrogen-bond donors (Lipinski definition) is 2. The van der Waals surface area contributed by atoms with E-state index in [1.54, 1.807) is 12.4 Å². The van der Waals surface area contributed by atoms with Crippen LogP contribution in [0.3, 0.4) is 0 Å². The summed E-state index contributed by atoms with van der Waals surface area (Å²) in [4.78, 5) is 21.4. The molecule has 128 valence electrons. The van der Waals surface area contributed by atoms with Crippen molar-refractivity contribution in [3.63, 3.8) is 0 Å². The highest BCUT2D eigenvalue weighted by Gasteiger charge is 2.23. The van der Waals surface area contributed by atoms with E-state index in [1.807, 2.05) is 28.8 Å². The fourth-order valence-electron chi connectivity index (χ4n) is 3.04. The van der Waals surface area contributed by atoms with E-state index in [-0.39, 0.29) is 6.04 Å². The zero-order valence-corrected chi connectivity index (χ0v) is 13.4. The van der Waals surface area contributed by atoms with Crippen LogP contribution in [0.25, 0.3) is 17.2 Å². The molecular weight excluding hydrogens is 322 g/mol. The Labute approximate surface area is 143 Å². The van der Waals surface area contributed by atoms with Crippen molar-refractivity contribution in [2.24, 2.45) is 0 Å². The van der Waals surface area contributed by atoms with Gasteiger partial charge in [-0.05, 0) is 25.0 Å². The van der Waals surface area contributed by atoms with E-state index in [9.17, 15) is 4.79 Å². The second kappa shape index (κ2) is 6.34. The normalized spacial score (nSPS) is 17.6. The number of likely N-dealkylation sites (tertiary alicyclic amines) is 1. The number of carbonyl (C=O) groups is 1. The van der Waals surface area contributed by atoms with Crippen molar-refractivity contribution in [1.29, 1.82) is 0 Å². The predicted molar refractivity (Wildman–Crippen MR) is 90.3 cm³/mol. The Bertz CT molecular complexity index is 910. The van der Waals surface area contributed by atoms with Gasteiger partial charge in [-0.25, -0.2) is 9.78 Å². The average molecular weight is 339 g/mol. The van der Waals surface area contributed by atoms with Crippen LogP contribution in [-0.4, -0.2) is 59.8 Å². The first-order valence-corrected chi connectivity index (χ1v) is 8.07. The van der Waals surface area contributed by atoms with Crippen molar-refractivity contribution < 1.29 is 9.90 Å². The molecule has 2 N–H and O–H groups in total. The van der Waals surface area contributed by atoms with E-state index < -0.39 is 6.09 Å². The van der Waals surface area contributed by atoms with Crippen LogP contribution in [0.5, 0.6) is 0 Å². The number of piperidine rings is 1. The lowest BCUT2D eigenvalue weighted by atomic mass is 10.1. The van der Waals surface area contributed by atoms with Gasteiger partial charge in [-0.1, -0.05) is 6.07 Å². The van der Waals surface area contributed by atoms with Crippen LogP contribution in [-0.2, 0) is 0 Å². The van der Waals surface area contributed by atoms with Crippen LogP contribution >= 0.6 is 0 Å². The summed E-state index contributed by atoms with van der Waals surface area (Å²) in [5, 5.41) is 20.7. The van der Waals surface area contributed by atoms with Crippen molar-refractivity contribution >= 4 is 17.6 Å². The smallest absolute Gasteiger partial charge is 0.407 e. The molecule has 1 aliphatic rings. The minimum absolute atomic E-state index is 0.0181. The number of rotatable bonds is 3. The molecule has 0 saturated carbocycles. The molecule has 9 heteroatoms. The molecule has 1 saturated heterocycles. The Morgan fingerprint density at radius 3 is 3.08 bits per heavy atom. The van der Waals surface area contributed by atoms with Gasteiger partial charge in [0.15, 0.2) is 11.5 Å². The van der Waals surface area contributed by atoms with Crippen LogP contribution in [0.15, 0.2) is 36.8 Å². The fraction of sp³-hybridized carbons (Fsp3) is 0.312. The first-order chi connectivity index (χ1) is 12.2. The third-order valence-electron chi connectivity index (χ3n) is 4.22. The lowest BCUT2D eigenvalue weighted by Gasteiger charge is -2.31. The first-order valence-electron chi connectivity index (χ1n) is 8.07. The highest BCUT2D eigenvalue weighted by Crippen LogP contribution is 2.19. The Morgan fingerprint density at radius 2 is 2.20 bits per heavy atom. The Hall–Kier alpha value is -3.23. The molecule has 0 unspecified atom stereocenters. The largest absolute Gasteiger partial charge is 0.465 e. The molecular formula is C16H17N7O2. The summed E-state index contributed by atoms with van der Waals surface area (Å²) in [6.07, 6.45) is 5.97. The van der Waals surface area contributed by atoms with E-state index >= 15 is 0 Å². The van der Waals surface area contributed by atoms with Gasteiger partial charge in [0.25, 0.3) is 0 Å². The third kappa shape index (κ3) is 3.08. The molecule has 0 spiro atoms. The van der Waals surface area contributed by atoms with Gasteiger partial charge in [0.2, 0.25) is 0 Å². The Morgan fingerprint density at radius 1 is 1.28 bits per heavy atom. The maximum atomic E-state index is 11.1. The van der Waals surface area contributed by atoms with Crippen molar-refractivity contribution in [3.05, 3.63) is 36.8 Å². The van der Waals surface area contributed by atoms with Gasteiger partial charge in [-0.2, -0.15) is 0 Å². The molecule has 1 fully saturated rings. The van der Waals surface area contributed by atoms with Gasteiger partial charge >= 0.3 is 6.09 Å². The highest BCUT2D eigenvalue weighted by molar-refractivity contribution is 5.65. The van der Waals surface area contributed by atoms with E-state index in [0.717, 1.165) is 18.5 Å². The van der Waals surface area contributed by atoms with Crippen molar-refractivity contribution in [1.82, 2.24) is 29.5 Å². The second-order valence-electron chi connectivity index (χ2n) is 5.95.